The lowest BCUT2D eigenvalue weighted by Crippen LogP contribution is -2.67. The van der Waals surface area contributed by atoms with E-state index in [1.165, 1.54) is 12.1 Å². The highest BCUT2D eigenvalue weighted by Gasteiger charge is 2.55. The van der Waals surface area contributed by atoms with E-state index in [9.17, 15) is 28.4 Å². The van der Waals surface area contributed by atoms with E-state index in [0.717, 1.165) is 73.8 Å². The fourth-order valence-electron chi connectivity index (χ4n) is 11.9. The average Bonchev–Trinajstić information content (AvgIpc) is 3.78. The number of sulfonamides is 1. The number of para-hydroxylation sites is 1. The summed E-state index contributed by atoms with van der Waals surface area (Å²) in [5.74, 6) is 0.559. The van der Waals surface area contributed by atoms with E-state index in [4.69, 9.17) is 23.9 Å². The number of nitrogens with zero attached hydrogens (tertiary/aromatic N) is 5. The molecule has 6 heterocycles. The van der Waals surface area contributed by atoms with E-state index < -0.39 is 43.1 Å². The molecule has 4 N–H and O–H groups in total. The molecule has 1 spiro atoms. The number of anilines is 4. The van der Waals surface area contributed by atoms with Gasteiger partial charge in [0, 0.05) is 73.1 Å². The molecular formula is C52H62N8O10S. The molecule has 11 rings (SSSR count). The summed E-state index contributed by atoms with van der Waals surface area (Å²) in [6.45, 7) is 10.9. The number of aromatic nitrogens is 2. The number of rotatable bonds is 13. The normalized spacial score (nSPS) is 25.4. The van der Waals surface area contributed by atoms with Crippen molar-refractivity contribution in [3.63, 3.8) is 0 Å². The third-order valence-electron chi connectivity index (χ3n) is 15.6. The van der Waals surface area contributed by atoms with Crippen LogP contribution in [0, 0.1) is 21.4 Å². The van der Waals surface area contributed by atoms with Crippen molar-refractivity contribution in [1.82, 2.24) is 19.6 Å². The summed E-state index contributed by atoms with van der Waals surface area (Å²) in [5, 5.41) is 26.7. The van der Waals surface area contributed by atoms with E-state index in [1.807, 2.05) is 57.2 Å². The van der Waals surface area contributed by atoms with Gasteiger partial charge in [0.1, 0.15) is 28.9 Å². The first-order chi connectivity index (χ1) is 34.1. The van der Waals surface area contributed by atoms with Crippen molar-refractivity contribution in [2.45, 2.75) is 107 Å². The van der Waals surface area contributed by atoms with Crippen LogP contribution >= 0.6 is 0 Å². The van der Waals surface area contributed by atoms with Gasteiger partial charge in [0.05, 0.1) is 64.7 Å². The van der Waals surface area contributed by atoms with Crippen molar-refractivity contribution in [1.29, 1.82) is 0 Å². The fourth-order valence-corrected chi connectivity index (χ4v) is 12.8. The molecule has 6 aliphatic rings. The van der Waals surface area contributed by atoms with Crippen LogP contribution in [0.1, 0.15) is 87.7 Å². The summed E-state index contributed by atoms with van der Waals surface area (Å²) in [4.78, 5) is 41.0. The number of hydrogen-bond donors (Lipinski definition) is 4. The van der Waals surface area contributed by atoms with Crippen LogP contribution in [0.15, 0.2) is 83.9 Å². The molecule has 0 unspecified atom stereocenters. The van der Waals surface area contributed by atoms with Crippen LogP contribution in [0.4, 0.5) is 28.4 Å². The molecule has 71 heavy (non-hydrogen) atoms. The molecular weight excluding hydrogens is 929 g/mol. The molecule has 3 aromatic carbocycles. The number of carbonyl (C=O) groups is 1. The van der Waals surface area contributed by atoms with E-state index in [-0.39, 0.29) is 40.8 Å². The Balaban J connectivity index is 0.869. The number of hydrogen-bond acceptors (Lipinski definition) is 15. The number of aromatic amines is 1. The second kappa shape index (κ2) is 18.6. The molecule has 19 heteroatoms. The minimum absolute atomic E-state index is 0.0535. The zero-order chi connectivity index (χ0) is 49.2. The minimum atomic E-state index is -4.63. The summed E-state index contributed by atoms with van der Waals surface area (Å²) in [7, 11) is -4.63. The second-order valence-corrected chi connectivity index (χ2v) is 22.7. The van der Waals surface area contributed by atoms with Gasteiger partial charge in [-0.05, 0) is 120 Å². The fraction of sp³-hybridized carbons (Fsp3) is 0.500. The summed E-state index contributed by atoms with van der Waals surface area (Å²) in [6.07, 6.45) is 6.84. The van der Waals surface area contributed by atoms with Crippen molar-refractivity contribution in [2.75, 3.05) is 67.7 Å². The molecule has 5 fully saturated rings. The highest BCUT2D eigenvalue weighted by Crippen LogP contribution is 2.54. The summed E-state index contributed by atoms with van der Waals surface area (Å²) < 4.78 is 55.3. The van der Waals surface area contributed by atoms with Crippen molar-refractivity contribution >= 4 is 55.4 Å². The molecule has 3 saturated heterocycles. The van der Waals surface area contributed by atoms with Gasteiger partial charge in [-0.3, -0.25) is 19.8 Å². The van der Waals surface area contributed by atoms with Gasteiger partial charge in [0.2, 0.25) is 5.88 Å². The summed E-state index contributed by atoms with van der Waals surface area (Å²) >= 11 is 0. The van der Waals surface area contributed by atoms with Gasteiger partial charge in [-0.2, -0.15) is 4.98 Å². The number of ether oxygens (including phenoxy) is 4. The maximum atomic E-state index is 14.7. The molecule has 2 aliphatic carbocycles. The van der Waals surface area contributed by atoms with Crippen LogP contribution < -0.4 is 29.3 Å². The van der Waals surface area contributed by atoms with Gasteiger partial charge in [-0.15, -0.1) is 0 Å². The highest BCUT2D eigenvalue weighted by atomic mass is 32.2. The first kappa shape index (κ1) is 47.3. The van der Waals surface area contributed by atoms with E-state index >= 15 is 0 Å². The van der Waals surface area contributed by atoms with Crippen LogP contribution in [0.25, 0.3) is 11.0 Å². The molecule has 0 radical (unpaired) electrons. The molecule has 4 aliphatic heterocycles. The SMILES string of the molecule is CC(C)Oc1ccccc1[C@@H]1COCCN1C1CC2(C1)CN(c1ccc(C(=O)NS(=O)(=O)c3ccc(NC[C@H]4CC[C@](C)(O)CC4)c([N+](=O)[O-])c3)c(N3c4cc5cc[nH]c5nc4O[C@H]4COCC[C@@H]43)c1)C2. The Hall–Kier alpha value is -5.99. The number of H-pyrrole nitrogens is 1. The van der Waals surface area contributed by atoms with E-state index in [2.05, 4.69) is 41.9 Å². The Bertz CT molecular complexity index is 2940. The topological polar surface area (TPSA) is 214 Å². The number of morpholine rings is 1. The number of nitrogens with one attached hydrogen (secondary N) is 3. The molecule has 3 atom stereocenters. The van der Waals surface area contributed by atoms with Gasteiger partial charge in [-0.1, -0.05) is 18.2 Å². The number of nitro benzene ring substituents is 1. The van der Waals surface area contributed by atoms with Crippen LogP contribution in [0.3, 0.4) is 0 Å². The largest absolute Gasteiger partial charge is 0.491 e. The monoisotopic (exact) mass is 990 g/mol. The molecule has 1 amide bonds. The number of nitro groups is 1. The quantitative estimate of drug-likeness (QED) is 0.0666. The Morgan fingerprint density at radius 1 is 1.00 bits per heavy atom. The van der Waals surface area contributed by atoms with Gasteiger partial charge >= 0.3 is 0 Å². The summed E-state index contributed by atoms with van der Waals surface area (Å²) in [5.41, 5.74) is 3.04. The van der Waals surface area contributed by atoms with Gasteiger partial charge in [0.25, 0.3) is 21.6 Å². The van der Waals surface area contributed by atoms with Crippen molar-refractivity contribution in [3.8, 4) is 11.6 Å². The average molecular weight is 991 g/mol. The second-order valence-electron chi connectivity index (χ2n) is 21.0. The van der Waals surface area contributed by atoms with Crippen molar-refractivity contribution < 1.29 is 42.2 Å². The van der Waals surface area contributed by atoms with Gasteiger partial charge in [-0.25, -0.2) is 13.1 Å². The minimum Gasteiger partial charge on any atom is -0.491 e. The van der Waals surface area contributed by atoms with Gasteiger partial charge in [0.15, 0.2) is 0 Å². The van der Waals surface area contributed by atoms with Crippen molar-refractivity contribution in [3.05, 3.63) is 100 Å². The summed E-state index contributed by atoms with van der Waals surface area (Å²) in [6, 6.07) is 21.5. The van der Waals surface area contributed by atoms with Gasteiger partial charge < -0.3 is 44.2 Å². The first-order valence-corrected chi connectivity index (χ1v) is 26.4. The lowest BCUT2D eigenvalue weighted by atomic mass is 9.59. The van der Waals surface area contributed by atoms with E-state index in [0.29, 0.717) is 81.2 Å². The van der Waals surface area contributed by atoms with Crippen molar-refractivity contribution in [2.24, 2.45) is 11.3 Å². The van der Waals surface area contributed by atoms with Crippen LogP contribution in [-0.4, -0.2) is 122 Å². The molecule has 376 valence electrons. The number of fused-ring (bicyclic) bond motifs is 3. The molecule has 5 aromatic rings. The zero-order valence-electron chi connectivity index (χ0n) is 40.3. The van der Waals surface area contributed by atoms with Crippen LogP contribution in [-0.2, 0) is 19.5 Å². The Morgan fingerprint density at radius 2 is 1.79 bits per heavy atom. The molecule has 18 nitrogen and oxygen atoms in total. The molecule has 2 saturated carbocycles. The number of benzene rings is 3. The lowest BCUT2D eigenvalue weighted by molar-refractivity contribution is -0.384. The Morgan fingerprint density at radius 3 is 2.58 bits per heavy atom. The number of carbonyl (C=O) groups excluding carboxylic acids is 1. The highest BCUT2D eigenvalue weighted by molar-refractivity contribution is 7.90. The predicted molar refractivity (Wildman–Crippen MR) is 267 cm³/mol. The Kier molecular flexibility index (Phi) is 12.4. The zero-order valence-corrected chi connectivity index (χ0v) is 41.2. The number of aliphatic hydroxyl groups is 1. The smallest absolute Gasteiger partial charge is 0.293 e. The predicted octanol–water partition coefficient (Wildman–Crippen LogP) is 7.46. The van der Waals surface area contributed by atoms with E-state index in [1.54, 1.807) is 12.3 Å². The standard InChI is InChI=1S/C52H62N8O10S/c1-32(2)69-46-7-5-4-6-38(46)45-28-68-21-19-58(45)36-25-52(26-36)30-57(31-52)35-8-10-39(42(23-35)59-41-15-20-67-29-47(41)70-50-44(59)22-34-14-18-53-48(34)55-50)49(61)56-71(65,66)37-9-11-40(43(24-37)60(63)64)54-27-33-12-16-51(3,62)17-13-33/h4-11,14,18,22-24,32-33,36,41,45,47,54,62H,12-13,15-17,19-21,25-31H2,1-3H3,(H,53,55)(H,56,61)/t33-,41-,45-,47-,51-/m0/s1. The first-order valence-electron chi connectivity index (χ1n) is 24.9. The molecule has 0 bridgehead atoms. The maximum Gasteiger partial charge on any atom is 0.293 e. The third-order valence-corrected chi connectivity index (χ3v) is 16.9. The molecule has 2 aromatic heterocycles. The van der Waals surface area contributed by atoms with Crippen LogP contribution in [0.5, 0.6) is 11.6 Å². The Labute approximate surface area is 413 Å². The lowest BCUT2D eigenvalue weighted by Gasteiger charge is -2.63. The number of pyridine rings is 1. The van der Waals surface area contributed by atoms with Crippen LogP contribution in [0.2, 0.25) is 0 Å². The number of amides is 1. The maximum absolute atomic E-state index is 14.7. The third kappa shape index (κ3) is 9.26.